The van der Waals surface area contributed by atoms with Crippen LogP contribution in [0, 0.1) is 0 Å². The number of carboxylic acids is 1. The number of aromatic carboxylic acids is 1. The molecule has 1 N–H and O–H groups in total. The Morgan fingerprint density at radius 3 is 2.55 bits per heavy atom. The van der Waals surface area contributed by atoms with Crippen molar-refractivity contribution in [1.82, 2.24) is 13.7 Å². The number of hydrogen-bond donors (Lipinski definition) is 1. The first kappa shape index (κ1) is 14.6. The van der Waals surface area contributed by atoms with E-state index in [1.165, 1.54) is 17.9 Å². The second-order valence-corrected chi connectivity index (χ2v) is 6.64. The summed E-state index contributed by atoms with van der Waals surface area (Å²) < 4.78 is 8.83. The average Bonchev–Trinajstić information content (AvgIpc) is 2.94. The number of fused-ring (bicyclic) bond motifs is 1. The largest absolute Gasteiger partial charge is 0.477 e. The Balaban J connectivity index is 2.23. The number of rotatable bonds is 2. The Hall–Kier alpha value is -2.34. The van der Waals surface area contributed by atoms with Gasteiger partial charge in [0.2, 0.25) is 0 Å². The maximum atomic E-state index is 11.1. The Kier molecular flexibility index (Phi) is 3.41. The Bertz CT molecular complexity index is 865. The van der Waals surface area contributed by atoms with Crippen LogP contribution in [0.5, 0.6) is 0 Å². The van der Waals surface area contributed by atoms with Gasteiger partial charge in [0, 0.05) is 11.8 Å². The molecule has 22 heavy (non-hydrogen) atoms. The number of carboxylic acid groups (broad SMARTS) is 1. The Morgan fingerprint density at radius 1 is 1.14 bits per heavy atom. The van der Waals surface area contributed by atoms with Gasteiger partial charge in [-0.25, -0.2) is 9.78 Å². The van der Waals surface area contributed by atoms with E-state index in [4.69, 9.17) is 5.11 Å². The summed E-state index contributed by atoms with van der Waals surface area (Å²) in [5.74, 6) is -1.04. The molecule has 0 aliphatic heterocycles. The minimum Gasteiger partial charge on any atom is -0.477 e. The fourth-order valence-electron chi connectivity index (χ4n) is 2.42. The Morgan fingerprint density at radius 2 is 1.86 bits per heavy atom. The van der Waals surface area contributed by atoms with Crippen LogP contribution in [-0.4, -0.2) is 24.8 Å². The van der Waals surface area contributed by atoms with E-state index >= 15 is 0 Å². The quantitative estimate of drug-likeness (QED) is 0.779. The van der Waals surface area contributed by atoms with Gasteiger partial charge in [-0.2, -0.15) is 8.75 Å². The van der Waals surface area contributed by atoms with Gasteiger partial charge in [-0.1, -0.05) is 32.9 Å². The molecule has 0 atom stereocenters. The first-order chi connectivity index (χ1) is 10.4. The van der Waals surface area contributed by atoms with Gasteiger partial charge in [-0.05, 0) is 28.7 Å². The summed E-state index contributed by atoms with van der Waals surface area (Å²) in [4.78, 5) is 15.0. The van der Waals surface area contributed by atoms with Crippen molar-refractivity contribution in [3.8, 4) is 11.1 Å². The van der Waals surface area contributed by atoms with Crippen molar-refractivity contribution >= 4 is 28.7 Å². The van der Waals surface area contributed by atoms with E-state index in [1.54, 1.807) is 12.1 Å². The third kappa shape index (κ3) is 2.46. The number of aromatic nitrogens is 3. The molecule has 0 unspecified atom stereocenters. The van der Waals surface area contributed by atoms with Crippen LogP contribution in [0.2, 0.25) is 0 Å². The molecule has 0 aliphatic rings. The van der Waals surface area contributed by atoms with Gasteiger partial charge in [-0.15, -0.1) is 0 Å². The van der Waals surface area contributed by atoms with Crippen LogP contribution < -0.4 is 0 Å². The molecule has 112 valence electrons. The maximum absolute atomic E-state index is 11.1. The zero-order chi connectivity index (χ0) is 15.9. The summed E-state index contributed by atoms with van der Waals surface area (Å²) in [5, 5.41) is 9.09. The molecule has 0 saturated carbocycles. The first-order valence-electron chi connectivity index (χ1n) is 6.83. The van der Waals surface area contributed by atoms with Crippen LogP contribution in [0.4, 0.5) is 0 Å². The minimum absolute atomic E-state index is 0.0220. The van der Waals surface area contributed by atoms with Crippen molar-refractivity contribution in [3.63, 3.8) is 0 Å². The van der Waals surface area contributed by atoms with Crippen molar-refractivity contribution in [2.75, 3.05) is 0 Å². The van der Waals surface area contributed by atoms with Gasteiger partial charge < -0.3 is 5.11 Å². The monoisotopic (exact) mass is 313 g/mol. The SMILES string of the molecule is CC(C)(C)c1ccc(-c2ccnc(C(=O)O)c2)c2nsnc12. The molecule has 0 bridgehead atoms. The molecule has 5 nitrogen and oxygen atoms in total. The number of hydrogen-bond acceptors (Lipinski definition) is 5. The van der Waals surface area contributed by atoms with E-state index < -0.39 is 5.97 Å². The van der Waals surface area contributed by atoms with Crippen molar-refractivity contribution in [3.05, 3.63) is 41.7 Å². The van der Waals surface area contributed by atoms with E-state index in [9.17, 15) is 4.79 Å². The van der Waals surface area contributed by atoms with Crippen molar-refractivity contribution in [2.24, 2.45) is 0 Å². The average molecular weight is 313 g/mol. The molecule has 1 aromatic carbocycles. The molecule has 0 aliphatic carbocycles. The fraction of sp³-hybridized carbons (Fsp3) is 0.250. The molecule has 0 saturated heterocycles. The third-order valence-corrected chi connectivity index (χ3v) is 4.04. The summed E-state index contributed by atoms with van der Waals surface area (Å²) in [7, 11) is 0. The summed E-state index contributed by atoms with van der Waals surface area (Å²) in [6.07, 6.45) is 1.50. The van der Waals surface area contributed by atoms with Crippen molar-refractivity contribution < 1.29 is 9.90 Å². The molecule has 0 amide bonds. The lowest BCUT2D eigenvalue weighted by Crippen LogP contribution is -2.11. The van der Waals surface area contributed by atoms with Crippen molar-refractivity contribution in [1.29, 1.82) is 0 Å². The van der Waals surface area contributed by atoms with Gasteiger partial charge >= 0.3 is 5.97 Å². The Labute approximate surface area is 132 Å². The number of pyridine rings is 1. The second-order valence-electron chi connectivity index (χ2n) is 6.11. The van der Waals surface area contributed by atoms with E-state index in [0.717, 1.165) is 27.7 Å². The maximum Gasteiger partial charge on any atom is 0.354 e. The van der Waals surface area contributed by atoms with E-state index in [-0.39, 0.29) is 11.1 Å². The minimum atomic E-state index is -1.04. The number of carbonyl (C=O) groups is 1. The summed E-state index contributed by atoms with van der Waals surface area (Å²) in [5.41, 5.74) is 4.47. The molecule has 6 heteroatoms. The highest BCUT2D eigenvalue weighted by atomic mass is 32.1. The highest BCUT2D eigenvalue weighted by Crippen LogP contribution is 2.34. The van der Waals surface area contributed by atoms with Crippen LogP contribution in [0.25, 0.3) is 22.2 Å². The van der Waals surface area contributed by atoms with Crippen LogP contribution in [0.1, 0.15) is 36.8 Å². The normalized spacial score (nSPS) is 11.8. The predicted molar refractivity (Wildman–Crippen MR) is 86.3 cm³/mol. The highest BCUT2D eigenvalue weighted by molar-refractivity contribution is 7.00. The number of benzene rings is 1. The van der Waals surface area contributed by atoms with Crippen LogP contribution in [0.15, 0.2) is 30.5 Å². The van der Waals surface area contributed by atoms with E-state index in [1.807, 2.05) is 12.1 Å². The zero-order valence-electron chi connectivity index (χ0n) is 12.5. The van der Waals surface area contributed by atoms with Crippen molar-refractivity contribution in [2.45, 2.75) is 26.2 Å². The van der Waals surface area contributed by atoms with E-state index in [2.05, 4.69) is 34.5 Å². The molecule has 2 aromatic heterocycles. The van der Waals surface area contributed by atoms with Crippen LogP contribution in [0.3, 0.4) is 0 Å². The number of nitrogens with zero attached hydrogens (tertiary/aromatic N) is 3. The zero-order valence-corrected chi connectivity index (χ0v) is 13.3. The lowest BCUT2D eigenvalue weighted by molar-refractivity contribution is 0.0690. The highest BCUT2D eigenvalue weighted by Gasteiger charge is 2.21. The second kappa shape index (κ2) is 5.14. The molecule has 2 heterocycles. The predicted octanol–water partition coefficient (Wildman–Crippen LogP) is 3.75. The fourth-order valence-corrected chi connectivity index (χ4v) is 2.99. The smallest absolute Gasteiger partial charge is 0.354 e. The summed E-state index contributed by atoms with van der Waals surface area (Å²) in [6, 6.07) is 7.37. The topological polar surface area (TPSA) is 76.0 Å². The van der Waals surface area contributed by atoms with Crippen LogP contribution >= 0.6 is 11.7 Å². The lowest BCUT2D eigenvalue weighted by Gasteiger charge is -2.19. The lowest BCUT2D eigenvalue weighted by atomic mass is 9.85. The summed E-state index contributed by atoms with van der Waals surface area (Å²) >= 11 is 1.17. The van der Waals surface area contributed by atoms with Gasteiger partial charge in [0.15, 0.2) is 0 Å². The first-order valence-corrected chi connectivity index (χ1v) is 7.56. The van der Waals surface area contributed by atoms with Gasteiger partial charge in [0.1, 0.15) is 16.7 Å². The molecule has 3 aromatic rings. The van der Waals surface area contributed by atoms with Gasteiger partial charge in [-0.3, -0.25) is 0 Å². The molecule has 3 rings (SSSR count). The van der Waals surface area contributed by atoms with Gasteiger partial charge in [0.25, 0.3) is 0 Å². The third-order valence-electron chi connectivity index (χ3n) is 3.51. The molecular weight excluding hydrogens is 298 g/mol. The molecule has 0 spiro atoms. The molecular formula is C16H15N3O2S. The van der Waals surface area contributed by atoms with Crippen LogP contribution in [-0.2, 0) is 5.41 Å². The molecule has 0 fully saturated rings. The molecule has 0 radical (unpaired) electrons. The van der Waals surface area contributed by atoms with E-state index in [0.29, 0.717) is 0 Å². The summed E-state index contributed by atoms with van der Waals surface area (Å²) in [6.45, 7) is 6.40. The standard InChI is InChI=1S/C16H15N3O2S/c1-16(2,3)11-5-4-10(13-14(11)19-22-18-13)9-6-7-17-12(8-9)15(20)21/h4-8H,1-3H3,(H,20,21). The van der Waals surface area contributed by atoms with Gasteiger partial charge in [0.05, 0.1) is 11.7 Å².